The second-order valence-corrected chi connectivity index (χ2v) is 4.96. The summed E-state index contributed by atoms with van der Waals surface area (Å²) in [6.45, 7) is 4.90. The Morgan fingerprint density at radius 3 is 2.83 bits per heavy atom. The lowest BCUT2D eigenvalue weighted by molar-refractivity contribution is -0.133. The molecule has 0 bridgehead atoms. The monoisotopic (exact) mass is 249 g/mol. The Balaban J connectivity index is 2.21. The van der Waals surface area contributed by atoms with Crippen LogP contribution in [0.1, 0.15) is 63.5 Å². The molecule has 0 aliphatic carbocycles. The lowest BCUT2D eigenvalue weighted by Gasteiger charge is -2.28. The van der Waals surface area contributed by atoms with Crippen molar-refractivity contribution in [2.75, 3.05) is 6.54 Å². The van der Waals surface area contributed by atoms with Crippen molar-refractivity contribution in [1.82, 2.24) is 4.90 Å². The normalized spacial score (nSPS) is 20.8. The third-order valence-electron chi connectivity index (χ3n) is 3.73. The van der Waals surface area contributed by atoms with Gasteiger partial charge < -0.3 is 9.32 Å². The summed E-state index contributed by atoms with van der Waals surface area (Å²) < 4.78 is 5.86. The highest BCUT2D eigenvalue weighted by molar-refractivity contribution is 5.76. The van der Waals surface area contributed by atoms with Gasteiger partial charge in [0.25, 0.3) is 0 Å². The van der Waals surface area contributed by atoms with E-state index in [4.69, 9.17) is 4.42 Å². The van der Waals surface area contributed by atoms with Crippen LogP contribution in [0.3, 0.4) is 0 Å². The van der Waals surface area contributed by atoms with Crippen LogP contribution in [0, 0.1) is 0 Å². The van der Waals surface area contributed by atoms with E-state index in [0.29, 0.717) is 6.42 Å². The van der Waals surface area contributed by atoms with Crippen molar-refractivity contribution in [3.63, 3.8) is 0 Å². The highest BCUT2D eigenvalue weighted by Crippen LogP contribution is 2.31. The number of hydrogen-bond acceptors (Lipinski definition) is 2. The van der Waals surface area contributed by atoms with Crippen LogP contribution in [-0.2, 0) is 11.2 Å². The van der Waals surface area contributed by atoms with Gasteiger partial charge in [0, 0.05) is 19.4 Å². The summed E-state index contributed by atoms with van der Waals surface area (Å²) in [5.41, 5.74) is 0. The van der Waals surface area contributed by atoms with E-state index in [1.807, 2.05) is 24.0 Å². The zero-order valence-corrected chi connectivity index (χ0v) is 11.4. The number of amides is 1. The van der Waals surface area contributed by atoms with Crippen LogP contribution in [0.4, 0.5) is 0 Å². The number of rotatable bonds is 3. The quantitative estimate of drug-likeness (QED) is 0.818. The van der Waals surface area contributed by atoms with Gasteiger partial charge in [0.1, 0.15) is 11.5 Å². The Bertz CT molecular complexity index is 397. The van der Waals surface area contributed by atoms with Gasteiger partial charge in [0.2, 0.25) is 5.91 Å². The van der Waals surface area contributed by atoms with E-state index in [1.54, 1.807) is 0 Å². The molecule has 1 saturated heterocycles. The molecule has 0 radical (unpaired) electrons. The minimum absolute atomic E-state index is 0.153. The van der Waals surface area contributed by atoms with Crippen molar-refractivity contribution >= 4 is 5.91 Å². The molecule has 100 valence electrons. The summed E-state index contributed by atoms with van der Waals surface area (Å²) in [6.07, 6.45) is 6.03. The molecule has 1 aliphatic heterocycles. The zero-order chi connectivity index (χ0) is 13.0. The first kappa shape index (κ1) is 13.2. The van der Waals surface area contributed by atoms with Gasteiger partial charge >= 0.3 is 0 Å². The van der Waals surface area contributed by atoms with Gasteiger partial charge in [0.15, 0.2) is 0 Å². The van der Waals surface area contributed by atoms with E-state index in [-0.39, 0.29) is 11.9 Å². The van der Waals surface area contributed by atoms with Crippen molar-refractivity contribution in [1.29, 1.82) is 0 Å². The molecule has 2 heterocycles. The van der Waals surface area contributed by atoms with E-state index < -0.39 is 0 Å². The van der Waals surface area contributed by atoms with Crippen molar-refractivity contribution in [3.8, 4) is 0 Å². The van der Waals surface area contributed by atoms with E-state index >= 15 is 0 Å². The van der Waals surface area contributed by atoms with Crippen LogP contribution < -0.4 is 0 Å². The van der Waals surface area contributed by atoms with E-state index in [0.717, 1.165) is 37.3 Å². The molecule has 0 spiro atoms. The van der Waals surface area contributed by atoms with Gasteiger partial charge in [-0.1, -0.05) is 26.7 Å². The fourth-order valence-corrected chi connectivity index (χ4v) is 2.67. The molecule has 0 saturated carbocycles. The van der Waals surface area contributed by atoms with E-state index in [1.165, 1.54) is 12.8 Å². The highest BCUT2D eigenvalue weighted by Gasteiger charge is 2.27. The molecule has 3 nitrogen and oxygen atoms in total. The molecule has 1 aromatic heterocycles. The van der Waals surface area contributed by atoms with Gasteiger partial charge in [-0.05, 0) is 25.0 Å². The first-order chi connectivity index (χ1) is 8.76. The van der Waals surface area contributed by atoms with Gasteiger partial charge in [-0.15, -0.1) is 0 Å². The number of carbonyl (C=O) groups excluding carboxylic acids is 1. The summed E-state index contributed by atoms with van der Waals surface area (Å²) in [4.78, 5) is 14.1. The second-order valence-electron chi connectivity index (χ2n) is 4.96. The first-order valence-corrected chi connectivity index (χ1v) is 7.14. The van der Waals surface area contributed by atoms with Gasteiger partial charge in [-0.3, -0.25) is 4.79 Å². The third-order valence-corrected chi connectivity index (χ3v) is 3.73. The summed E-state index contributed by atoms with van der Waals surface area (Å²) in [5, 5.41) is 0. The Labute approximate surface area is 109 Å². The summed E-state index contributed by atoms with van der Waals surface area (Å²) in [7, 11) is 0. The van der Waals surface area contributed by atoms with Gasteiger partial charge in [-0.25, -0.2) is 0 Å². The zero-order valence-electron chi connectivity index (χ0n) is 11.4. The maximum Gasteiger partial charge on any atom is 0.222 e. The maximum absolute atomic E-state index is 12.1. The molecule has 1 unspecified atom stereocenters. The SMILES string of the molecule is CCC(=O)N1CCCCCC1c1ccc(CC)o1. The molecular weight excluding hydrogens is 226 g/mol. The highest BCUT2D eigenvalue weighted by atomic mass is 16.3. The van der Waals surface area contributed by atoms with Gasteiger partial charge in [0.05, 0.1) is 6.04 Å². The molecule has 1 aliphatic rings. The Kier molecular flexibility index (Phi) is 4.45. The minimum Gasteiger partial charge on any atom is -0.464 e. The summed E-state index contributed by atoms with van der Waals surface area (Å²) in [6, 6.07) is 4.24. The number of furan rings is 1. The first-order valence-electron chi connectivity index (χ1n) is 7.14. The smallest absolute Gasteiger partial charge is 0.222 e. The molecular formula is C15H23NO2. The molecule has 0 aromatic carbocycles. The average Bonchev–Trinajstić information content (AvgIpc) is 2.74. The molecule has 3 heteroatoms. The topological polar surface area (TPSA) is 33.5 Å². The van der Waals surface area contributed by atoms with Crippen molar-refractivity contribution in [2.24, 2.45) is 0 Å². The predicted molar refractivity (Wildman–Crippen MR) is 71.3 cm³/mol. The fraction of sp³-hybridized carbons (Fsp3) is 0.667. The Morgan fingerprint density at radius 2 is 2.17 bits per heavy atom. The standard InChI is InChI=1S/C15H23NO2/c1-3-12-9-10-14(18-12)13-8-6-5-7-11-16(13)15(17)4-2/h9-10,13H,3-8,11H2,1-2H3. The number of nitrogens with zero attached hydrogens (tertiary/aromatic N) is 1. The third kappa shape index (κ3) is 2.77. The predicted octanol–water partition coefficient (Wildman–Crippen LogP) is 3.70. The molecule has 2 rings (SSSR count). The maximum atomic E-state index is 12.1. The number of likely N-dealkylation sites (tertiary alicyclic amines) is 1. The number of carbonyl (C=O) groups is 1. The van der Waals surface area contributed by atoms with E-state index in [9.17, 15) is 4.79 Å². The molecule has 1 atom stereocenters. The van der Waals surface area contributed by atoms with Crippen molar-refractivity contribution < 1.29 is 9.21 Å². The van der Waals surface area contributed by atoms with Crippen LogP contribution in [0.5, 0.6) is 0 Å². The van der Waals surface area contributed by atoms with Gasteiger partial charge in [-0.2, -0.15) is 0 Å². The molecule has 0 N–H and O–H groups in total. The fourth-order valence-electron chi connectivity index (χ4n) is 2.67. The molecule has 1 fully saturated rings. The minimum atomic E-state index is 0.153. The lowest BCUT2D eigenvalue weighted by atomic mass is 10.1. The summed E-state index contributed by atoms with van der Waals surface area (Å²) >= 11 is 0. The largest absolute Gasteiger partial charge is 0.464 e. The second kappa shape index (κ2) is 6.07. The van der Waals surface area contributed by atoms with Crippen LogP contribution >= 0.6 is 0 Å². The van der Waals surface area contributed by atoms with Crippen molar-refractivity contribution in [2.45, 2.75) is 58.4 Å². The Hall–Kier alpha value is -1.25. The number of hydrogen-bond donors (Lipinski definition) is 0. The molecule has 1 amide bonds. The number of aryl methyl sites for hydroxylation is 1. The van der Waals surface area contributed by atoms with E-state index in [2.05, 4.69) is 6.92 Å². The van der Waals surface area contributed by atoms with Crippen LogP contribution in [0.2, 0.25) is 0 Å². The molecule has 1 aromatic rings. The average molecular weight is 249 g/mol. The van der Waals surface area contributed by atoms with Crippen LogP contribution in [-0.4, -0.2) is 17.4 Å². The van der Waals surface area contributed by atoms with Crippen molar-refractivity contribution in [3.05, 3.63) is 23.7 Å². The Morgan fingerprint density at radius 1 is 1.33 bits per heavy atom. The van der Waals surface area contributed by atoms with Crippen LogP contribution in [0.15, 0.2) is 16.5 Å². The van der Waals surface area contributed by atoms with Crippen LogP contribution in [0.25, 0.3) is 0 Å². The molecule has 18 heavy (non-hydrogen) atoms. The lowest BCUT2D eigenvalue weighted by Crippen LogP contribution is -2.34. The summed E-state index contributed by atoms with van der Waals surface area (Å²) in [5.74, 6) is 2.23.